The van der Waals surface area contributed by atoms with Crippen LogP contribution in [-0.2, 0) is 0 Å². The van der Waals surface area contributed by atoms with Gasteiger partial charge in [0.25, 0.3) is 0 Å². The van der Waals surface area contributed by atoms with Crippen LogP contribution in [0.1, 0.15) is 30.6 Å². The first-order valence-corrected chi connectivity index (χ1v) is 9.23. The van der Waals surface area contributed by atoms with Crippen molar-refractivity contribution in [2.75, 3.05) is 0 Å². The molecule has 134 valence electrons. The van der Waals surface area contributed by atoms with Crippen LogP contribution in [0.5, 0.6) is 0 Å². The first kappa shape index (κ1) is 17.2. The smallest absolute Gasteiger partial charge is 0.0965 e. The molecule has 0 aliphatic heterocycles. The van der Waals surface area contributed by atoms with Crippen molar-refractivity contribution in [1.29, 1.82) is 0 Å². The molecule has 4 rings (SSSR count). The first-order valence-electron chi connectivity index (χ1n) is 9.23. The van der Waals surface area contributed by atoms with Crippen molar-refractivity contribution >= 4 is 0 Å². The van der Waals surface area contributed by atoms with Crippen LogP contribution >= 0.6 is 0 Å². The zero-order chi connectivity index (χ0) is 18.6. The summed E-state index contributed by atoms with van der Waals surface area (Å²) in [6.45, 7) is 4.28. The van der Waals surface area contributed by atoms with Crippen molar-refractivity contribution in [3.63, 3.8) is 0 Å². The van der Waals surface area contributed by atoms with E-state index in [2.05, 4.69) is 52.6 Å². The van der Waals surface area contributed by atoms with Gasteiger partial charge < -0.3 is 4.57 Å². The third kappa shape index (κ3) is 3.38. The van der Waals surface area contributed by atoms with Gasteiger partial charge in [0, 0.05) is 29.7 Å². The lowest BCUT2D eigenvalue weighted by molar-refractivity contribution is 0.556. The first-order chi connectivity index (χ1) is 13.3. The van der Waals surface area contributed by atoms with E-state index in [1.165, 1.54) is 5.56 Å². The van der Waals surface area contributed by atoms with Crippen molar-refractivity contribution in [2.45, 2.75) is 26.3 Å². The van der Waals surface area contributed by atoms with E-state index in [0.717, 1.165) is 34.6 Å². The van der Waals surface area contributed by atoms with Gasteiger partial charge in [0.05, 0.1) is 29.5 Å². The summed E-state index contributed by atoms with van der Waals surface area (Å²) in [4.78, 5) is 13.8. The molecule has 0 saturated carbocycles. The van der Waals surface area contributed by atoms with Crippen LogP contribution in [0.25, 0.3) is 22.5 Å². The normalized spacial score (nSPS) is 12.1. The Morgan fingerprint density at radius 1 is 0.926 bits per heavy atom. The molecule has 4 nitrogen and oxygen atoms in total. The second-order valence-electron chi connectivity index (χ2n) is 6.64. The van der Waals surface area contributed by atoms with Crippen LogP contribution in [0.15, 0.2) is 79.5 Å². The largest absolute Gasteiger partial charge is 0.321 e. The van der Waals surface area contributed by atoms with Crippen molar-refractivity contribution in [3.8, 4) is 22.5 Å². The molecule has 0 radical (unpaired) electrons. The number of pyridine rings is 2. The summed E-state index contributed by atoms with van der Waals surface area (Å²) in [6.07, 6.45) is 8.44. The number of aryl methyl sites for hydroxylation is 1. The van der Waals surface area contributed by atoms with Gasteiger partial charge in [-0.25, -0.2) is 4.98 Å². The second-order valence-corrected chi connectivity index (χ2v) is 6.64. The van der Waals surface area contributed by atoms with Crippen LogP contribution in [0.2, 0.25) is 0 Å². The molecule has 3 heterocycles. The minimum absolute atomic E-state index is 0.116. The number of rotatable bonds is 5. The maximum atomic E-state index is 4.79. The number of hydrogen-bond acceptors (Lipinski definition) is 3. The molecule has 3 aromatic heterocycles. The Kier molecular flexibility index (Phi) is 4.79. The third-order valence-corrected chi connectivity index (χ3v) is 4.78. The summed E-state index contributed by atoms with van der Waals surface area (Å²) in [5.41, 5.74) is 6.46. The van der Waals surface area contributed by atoms with Gasteiger partial charge in [-0.05, 0) is 43.2 Å². The van der Waals surface area contributed by atoms with Crippen LogP contribution in [0.4, 0.5) is 0 Å². The van der Waals surface area contributed by atoms with E-state index in [4.69, 9.17) is 4.98 Å². The van der Waals surface area contributed by atoms with Crippen LogP contribution in [-0.4, -0.2) is 19.5 Å². The number of benzene rings is 1. The van der Waals surface area contributed by atoms with Gasteiger partial charge in [-0.15, -0.1) is 0 Å². The highest BCUT2D eigenvalue weighted by atomic mass is 15.1. The van der Waals surface area contributed by atoms with Gasteiger partial charge in [-0.1, -0.05) is 37.3 Å². The average Bonchev–Trinajstić information content (AvgIpc) is 3.15. The third-order valence-electron chi connectivity index (χ3n) is 4.78. The van der Waals surface area contributed by atoms with E-state index in [-0.39, 0.29) is 6.04 Å². The molecule has 0 spiro atoms. The van der Waals surface area contributed by atoms with E-state index in [1.807, 2.05) is 49.1 Å². The summed E-state index contributed by atoms with van der Waals surface area (Å²) in [6, 6.07) is 18.7. The van der Waals surface area contributed by atoms with Gasteiger partial charge >= 0.3 is 0 Å². The van der Waals surface area contributed by atoms with E-state index >= 15 is 0 Å². The topological polar surface area (TPSA) is 43.6 Å². The molecule has 4 aromatic rings. The summed E-state index contributed by atoms with van der Waals surface area (Å²) in [5, 5.41) is 0. The number of imidazole rings is 1. The zero-order valence-electron chi connectivity index (χ0n) is 15.6. The van der Waals surface area contributed by atoms with Crippen molar-refractivity contribution in [3.05, 3.63) is 90.8 Å². The maximum absolute atomic E-state index is 4.79. The highest BCUT2D eigenvalue weighted by molar-refractivity contribution is 5.78. The Bertz CT molecular complexity index is 1020. The fourth-order valence-electron chi connectivity index (χ4n) is 3.48. The number of hydrogen-bond donors (Lipinski definition) is 0. The zero-order valence-corrected chi connectivity index (χ0v) is 15.6. The Labute approximate surface area is 159 Å². The van der Waals surface area contributed by atoms with Crippen LogP contribution in [0.3, 0.4) is 0 Å². The quantitative estimate of drug-likeness (QED) is 0.487. The lowest BCUT2D eigenvalue weighted by Crippen LogP contribution is -2.12. The second kappa shape index (κ2) is 7.54. The molecule has 4 heteroatoms. The van der Waals surface area contributed by atoms with Gasteiger partial charge in [0.15, 0.2) is 0 Å². The number of nitrogens with zero attached hydrogens (tertiary/aromatic N) is 4. The number of aromatic nitrogens is 4. The van der Waals surface area contributed by atoms with Gasteiger partial charge in [0.1, 0.15) is 0 Å². The molecule has 1 atom stereocenters. The van der Waals surface area contributed by atoms with Gasteiger partial charge in [-0.2, -0.15) is 0 Å². The molecule has 1 aromatic carbocycles. The van der Waals surface area contributed by atoms with E-state index in [0.29, 0.717) is 0 Å². The predicted molar refractivity (Wildman–Crippen MR) is 108 cm³/mol. The molecule has 0 fully saturated rings. The van der Waals surface area contributed by atoms with E-state index in [1.54, 1.807) is 6.20 Å². The molecule has 0 N–H and O–H groups in total. The summed E-state index contributed by atoms with van der Waals surface area (Å²) >= 11 is 0. The van der Waals surface area contributed by atoms with E-state index < -0.39 is 0 Å². The molecule has 0 saturated heterocycles. The van der Waals surface area contributed by atoms with Crippen molar-refractivity contribution in [1.82, 2.24) is 19.5 Å². The standard InChI is InChI=1S/C23H22N4/c1-3-21(20-14-17(2)11-13-25-20)27-16-26-22(18-8-5-4-6-9-18)23(27)19-10-7-12-24-15-19/h4-16,21H,3H2,1-2H3/t21-/m0/s1. The molecule has 0 unspecified atom stereocenters. The van der Waals surface area contributed by atoms with Crippen molar-refractivity contribution in [2.24, 2.45) is 0 Å². The monoisotopic (exact) mass is 354 g/mol. The average molecular weight is 354 g/mol. The van der Waals surface area contributed by atoms with Gasteiger partial charge in [-0.3, -0.25) is 9.97 Å². The van der Waals surface area contributed by atoms with Gasteiger partial charge in [0.2, 0.25) is 0 Å². The maximum Gasteiger partial charge on any atom is 0.0965 e. The van der Waals surface area contributed by atoms with Crippen molar-refractivity contribution < 1.29 is 0 Å². The highest BCUT2D eigenvalue weighted by Gasteiger charge is 2.22. The van der Waals surface area contributed by atoms with E-state index in [9.17, 15) is 0 Å². The Balaban J connectivity index is 1.92. The molecule has 0 amide bonds. The minimum atomic E-state index is 0.116. The molecule has 0 aliphatic carbocycles. The Hall–Kier alpha value is -3.27. The lowest BCUT2D eigenvalue weighted by atomic mass is 10.0. The summed E-state index contributed by atoms with van der Waals surface area (Å²) < 4.78 is 2.24. The molecular weight excluding hydrogens is 332 g/mol. The Morgan fingerprint density at radius 3 is 2.44 bits per heavy atom. The summed E-state index contributed by atoms with van der Waals surface area (Å²) in [5.74, 6) is 0. The fourth-order valence-corrected chi connectivity index (χ4v) is 3.48. The highest BCUT2D eigenvalue weighted by Crippen LogP contribution is 2.35. The Morgan fingerprint density at radius 2 is 1.74 bits per heavy atom. The molecule has 27 heavy (non-hydrogen) atoms. The molecular formula is C23H22N4. The minimum Gasteiger partial charge on any atom is -0.321 e. The predicted octanol–water partition coefficient (Wildman–Crippen LogP) is 5.31. The summed E-state index contributed by atoms with van der Waals surface area (Å²) in [7, 11) is 0. The molecule has 0 aliphatic rings. The lowest BCUT2D eigenvalue weighted by Gasteiger charge is -2.20. The van der Waals surface area contributed by atoms with Crippen LogP contribution in [0, 0.1) is 6.92 Å². The van der Waals surface area contributed by atoms with Crippen LogP contribution < -0.4 is 0 Å². The SMILES string of the molecule is CC[C@@H](c1cc(C)ccn1)n1cnc(-c2ccccc2)c1-c1cccnc1. The fraction of sp³-hybridized carbons (Fsp3) is 0.174. The molecule has 0 bridgehead atoms.